The van der Waals surface area contributed by atoms with E-state index in [1.165, 1.54) is 0 Å². The standard InChI is InChI=1S/C19H20BrN5O/c1-13-17(12-22-25(13)16-7-10-26-11-8-16)23-18-6-9-21-19(24-18)14-2-4-15(20)5-3-14/h2-6,9,12,16H,7-8,10-11H2,1H3,(H,21,23,24). The van der Waals surface area contributed by atoms with Gasteiger partial charge in [0.2, 0.25) is 0 Å². The predicted octanol–water partition coefficient (Wildman–Crippen LogP) is 4.51. The molecular weight excluding hydrogens is 394 g/mol. The molecule has 0 atom stereocenters. The highest BCUT2D eigenvalue weighted by Gasteiger charge is 2.19. The zero-order chi connectivity index (χ0) is 17.9. The van der Waals surface area contributed by atoms with Gasteiger partial charge in [0.1, 0.15) is 5.82 Å². The Hall–Kier alpha value is -2.25. The third-order valence-electron chi connectivity index (χ3n) is 4.60. The lowest BCUT2D eigenvalue weighted by atomic mass is 10.1. The second kappa shape index (κ2) is 7.55. The van der Waals surface area contributed by atoms with Crippen LogP contribution in [-0.2, 0) is 4.74 Å². The van der Waals surface area contributed by atoms with Crippen molar-refractivity contribution in [2.24, 2.45) is 0 Å². The van der Waals surface area contributed by atoms with E-state index in [0.29, 0.717) is 11.9 Å². The van der Waals surface area contributed by atoms with Gasteiger partial charge in [-0.1, -0.05) is 28.1 Å². The van der Waals surface area contributed by atoms with Crippen molar-refractivity contribution in [2.75, 3.05) is 18.5 Å². The maximum atomic E-state index is 5.45. The van der Waals surface area contributed by atoms with E-state index in [4.69, 9.17) is 4.74 Å². The third kappa shape index (κ3) is 3.64. The zero-order valence-corrected chi connectivity index (χ0v) is 16.1. The number of anilines is 2. The minimum absolute atomic E-state index is 0.406. The molecule has 3 heterocycles. The number of benzene rings is 1. The molecule has 0 spiro atoms. The fraction of sp³-hybridized carbons (Fsp3) is 0.316. The van der Waals surface area contributed by atoms with Crippen molar-refractivity contribution in [2.45, 2.75) is 25.8 Å². The van der Waals surface area contributed by atoms with Crippen LogP contribution in [0.15, 0.2) is 47.2 Å². The second-order valence-electron chi connectivity index (χ2n) is 6.33. The minimum atomic E-state index is 0.406. The smallest absolute Gasteiger partial charge is 0.161 e. The summed E-state index contributed by atoms with van der Waals surface area (Å²) in [5.41, 5.74) is 3.06. The summed E-state index contributed by atoms with van der Waals surface area (Å²) in [6.07, 6.45) is 5.64. The van der Waals surface area contributed by atoms with Gasteiger partial charge in [0.25, 0.3) is 0 Å². The van der Waals surface area contributed by atoms with Crippen LogP contribution in [0, 0.1) is 6.92 Å². The Morgan fingerprint density at radius 3 is 2.69 bits per heavy atom. The Kier molecular flexibility index (Phi) is 4.99. The number of rotatable bonds is 4. The van der Waals surface area contributed by atoms with E-state index < -0.39 is 0 Å². The fourth-order valence-electron chi connectivity index (χ4n) is 3.15. The maximum Gasteiger partial charge on any atom is 0.161 e. The van der Waals surface area contributed by atoms with Crippen molar-refractivity contribution in [3.63, 3.8) is 0 Å². The van der Waals surface area contributed by atoms with Crippen LogP contribution in [0.25, 0.3) is 11.4 Å². The summed E-state index contributed by atoms with van der Waals surface area (Å²) in [6.45, 7) is 3.69. The molecule has 0 saturated carbocycles. The Labute approximate surface area is 160 Å². The van der Waals surface area contributed by atoms with Crippen LogP contribution in [0.1, 0.15) is 24.6 Å². The highest BCUT2D eigenvalue weighted by atomic mass is 79.9. The van der Waals surface area contributed by atoms with Gasteiger partial charge in [-0.25, -0.2) is 9.97 Å². The molecule has 134 valence electrons. The summed E-state index contributed by atoms with van der Waals surface area (Å²) < 4.78 is 8.58. The molecule has 1 saturated heterocycles. The minimum Gasteiger partial charge on any atom is -0.381 e. The molecule has 0 aliphatic carbocycles. The lowest BCUT2D eigenvalue weighted by Crippen LogP contribution is -2.21. The van der Waals surface area contributed by atoms with Gasteiger partial charge >= 0.3 is 0 Å². The summed E-state index contributed by atoms with van der Waals surface area (Å²) >= 11 is 3.45. The van der Waals surface area contributed by atoms with Crippen LogP contribution >= 0.6 is 15.9 Å². The van der Waals surface area contributed by atoms with Crippen molar-refractivity contribution < 1.29 is 4.74 Å². The molecule has 1 aliphatic heterocycles. The summed E-state index contributed by atoms with van der Waals surface area (Å²) in [7, 11) is 0. The van der Waals surface area contributed by atoms with Crippen LogP contribution in [0.5, 0.6) is 0 Å². The third-order valence-corrected chi connectivity index (χ3v) is 5.13. The van der Waals surface area contributed by atoms with E-state index in [1.54, 1.807) is 6.20 Å². The largest absolute Gasteiger partial charge is 0.381 e. The predicted molar refractivity (Wildman–Crippen MR) is 105 cm³/mol. The molecule has 6 nitrogen and oxygen atoms in total. The molecule has 4 rings (SSSR count). The number of aromatic nitrogens is 4. The topological polar surface area (TPSA) is 64.9 Å². The van der Waals surface area contributed by atoms with Gasteiger partial charge in [-0.2, -0.15) is 5.10 Å². The Balaban J connectivity index is 1.55. The van der Waals surface area contributed by atoms with Gasteiger partial charge in [0, 0.05) is 29.4 Å². The summed E-state index contributed by atoms with van der Waals surface area (Å²) in [5.74, 6) is 1.45. The molecule has 26 heavy (non-hydrogen) atoms. The Bertz CT molecular complexity index is 887. The van der Waals surface area contributed by atoms with E-state index in [1.807, 2.05) is 36.5 Å². The zero-order valence-electron chi connectivity index (χ0n) is 14.5. The molecule has 1 fully saturated rings. The first kappa shape index (κ1) is 17.2. The van der Waals surface area contributed by atoms with Crippen molar-refractivity contribution in [3.8, 4) is 11.4 Å². The number of halogens is 1. The molecule has 7 heteroatoms. The first-order valence-corrected chi connectivity index (χ1v) is 9.48. The number of nitrogens with zero attached hydrogens (tertiary/aromatic N) is 4. The van der Waals surface area contributed by atoms with Gasteiger partial charge in [-0.15, -0.1) is 0 Å². The number of nitrogens with one attached hydrogen (secondary N) is 1. The van der Waals surface area contributed by atoms with Gasteiger partial charge in [0.05, 0.1) is 23.6 Å². The number of ether oxygens (including phenoxy) is 1. The monoisotopic (exact) mass is 413 g/mol. The van der Waals surface area contributed by atoms with Crippen molar-refractivity contribution >= 4 is 27.4 Å². The molecule has 2 aromatic heterocycles. The van der Waals surface area contributed by atoms with Crippen LogP contribution < -0.4 is 5.32 Å². The summed E-state index contributed by atoms with van der Waals surface area (Å²) in [5, 5.41) is 7.95. The van der Waals surface area contributed by atoms with Gasteiger partial charge < -0.3 is 10.1 Å². The van der Waals surface area contributed by atoms with E-state index in [9.17, 15) is 0 Å². The molecular formula is C19H20BrN5O. The quantitative estimate of drug-likeness (QED) is 0.681. The highest BCUT2D eigenvalue weighted by molar-refractivity contribution is 9.10. The van der Waals surface area contributed by atoms with Crippen molar-refractivity contribution in [1.82, 2.24) is 19.7 Å². The lowest BCUT2D eigenvalue weighted by Gasteiger charge is -2.23. The van der Waals surface area contributed by atoms with E-state index in [-0.39, 0.29) is 0 Å². The number of hydrogen-bond donors (Lipinski definition) is 1. The summed E-state index contributed by atoms with van der Waals surface area (Å²) in [6, 6.07) is 10.2. The van der Waals surface area contributed by atoms with Gasteiger partial charge in [-0.3, -0.25) is 4.68 Å². The summed E-state index contributed by atoms with van der Waals surface area (Å²) in [4.78, 5) is 9.02. The molecule has 1 aromatic carbocycles. The van der Waals surface area contributed by atoms with Crippen molar-refractivity contribution in [3.05, 3.63) is 52.9 Å². The van der Waals surface area contributed by atoms with Gasteiger partial charge in [-0.05, 0) is 38.0 Å². The van der Waals surface area contributed by atoms with E-state index >= 15 is 0 Å². The SMILES string of the molecule is Cc1c(Nc2ccnc(-c3ccc(Br)cc3)n2)cnn1C1CCOCC1. The highest BCUT2D eigenvalue weighted by Crippen LogP contribution is 2.27. The van der Waals surface area contributed by atoms with E-state index in [0.717, 1.165) is 53.3 Å². The molecule has 0 unspecified atom stereocenters. The number of hydrogen-bond acceptors (Lipinski definition) is 5. The fourth-order valence-corrected chi connectivity index (χ4v) is 3.41. The lowest BCUT2D eigenvalue weighted by molar-refractivity contribution is 0.0657. The van der Waals surface area contributed by atoms with Crippen LogP contribution in [0.3, 0.4) is 0 Å². The molecule has 0 radical (unpaired) electrons. The molecule has 3 aromatic rings. The van der Waals surface area contributed by atoms with Crippen LogP contribution in [-0.4, -0.2) is 33.0 Å². The van der Waals surface area contributed by atoms with Crippen LogP contribution in [0.4, 0.5) is 11.5 Å². The molecule has 0 bridgehead atoms. The average molecular weight is 414 g/mol. The van der Waals surface area contributed by atoms with Gasteiger partial charge in [0.15, 0.2) is 5.82 Å². The Morgan fingerprint density at radius 1 is 1.15 bits per heavy atom. The molecule has 0 amide bonds. The second-order valence-corrected chi connectivity index (χ2v) is 7.24. The average Bonchev–Trinajstić information content (AvgIpc) is 3.04. The first-order chi connectivity index (χ1) is 12.7. The normalized spacial score (nSPS) is 15.2. The molecule has 1 aliphatic rings. The maximum absolute atomic E-state index is 5.45. The van der Waals surface area contributed by atoms with Crippen LogP contribution in [0.2, 0.25) is 0 Å². The molecule has 1 N–H and O–H groups in total. The first-order valence-electron chi connectivity index (χ1n) is 8.68. The Morgan fingerprint density at radius 2 is 1.92 bits per heavy atom. The van der Waals surface area contributed by atoms with Crippen molar-refractivity contribution in [1.29, 1.82) is 0 Å². The van der Waals surface area contributed by atoms with E-state index in [2.05, 4.69) is 47.9 Å².